The molecule has 1 aliphatic heterocycles. The minimum Gasteiger partial charge on any atom is -0.493 e. The molecule has 38 heavy (non-hydrogen) atoms. The lowest BCUT2D eigenvalue weighted by atomic mass is 9.91. The van der Waals surface area contributed by atoms with E-state index in [-0.39, 0.29) is 35.3 Å². The SMILES string of the molecule is C=S(=O)(NC(=O)c1c(C2=CC=CCC2=O)c2c3c(ccc2n1Cc1cc(F)ccc1F)CCCO3)C1CC1. The van der Waals surface area contributed by atoms with E-state index < -0.39 is 27.2 Å². The molecule has 1 atom stereocenters. The second-order valence-electron chi connectivity index (χ2n) is 9.94. The molecule has 1 aromatic heterocycles. The van der Waals surface area contributed by atoms with Crippen LogP contribution in [0.2, 0.25) is 0 Å². The van der Waals surface area contributed by atoms with Gasteiger partial charge in [0, 0.05) is 28.4 Å². The molecule has 2 aromatic carbocycles. The number of rotatable bonds is 6. The first-order chi connectivity index (χ1) is 18.2. The number of nitrogens with one attached hydrogen (secondary N) is 1. The fourth-order valence-corrected chi connectivity index (χ4v) is 6.73. The van der Waals surface area contributed by atoms with Crippen molar-refractivity contribution in [1.82, 2.24) is 9.29 Å². The maximum absolute atomic E-state index is 14.8. The smallest absolute Gasteiger partial charge is 0.279 e. The number of aromatic nitrogens is 1. The Labute approximate surface area is 219 Å². The zero-order valence-corrected chi connectivity index (χ0v) is 21.4. The maximum Gasteiger partial charge on any atom is 0.279 e. The molecule has 9 heteroatoms. The van der Waals surface area contributed by atoms with Crippen LogP contribution in [0.3, 0.4) is 0 Å². The molecule has 0 saturated heterocycles. The van der Waals surface area contributed by atoms with Gasteiger partial charge in [0.2, 0.25) is 0 Å². The van der Waals surface area contributed by atoms with Gasteiger partial charge in [0.15, 0.2) is 5.78 Å². The van der Waals surface area contributed by atoms with E-state index >= 15 is 0 Å². The molecule has 3 aliphatic rings. The summed E-state index contributed by atoms with van der Waals surface area (Å²) in [6, 6.07) is 6.86. The standard InChI is InChI=1S/C29H26F2N2O4S/c1-38(36,20-10-11-20)32-29(35)27-25(21-6-2-3-7-24(21)34)26-23(13-8-17-5-4-14-37-28(17)26)33(27)16-18-15-19(30)9-12-22(18)31/h2-3,6,8-9,12-13,15,20H,1,4-5,7,10-11,14,16H2,(H,32,35,36). The molecule has 1 amide bonds. The fraction of sp³-hybridized carbons (Fsp3) is 0.276. The number of benzene rings is 2. The quantitative estimate of drug-likeness (QED) is 0.462. The minimum atomic E-state index is -2.95. The summed E-state index contributed by atoms with van der Waals surface area (Å²) in [5.74, 6) is 2.22. The number of hydrogen-bond donors (Lipinski definition) is 1. The maximum atomic E-state index is 14.8. The molecular weight excluding hydrogens is 510 g/mol. The van der Waals surface area contributed by atoms with E-state index in [0.29, 0.717) is 47.2 Å². The first kappa shape index (κ1) is 24.6. The van der Waals surface area contributed by atoms with Crippen LogP contribution in [0.15, 0.2) is 48.6 Å². The van der Waals surface area contributed by atoms with Gasteiger partial charge in [-0.1, -0.05) is 24.3 Å². The number of hydrogen-bond acceptors (Lipinski definition) is 4. The third kappa shape index (κ3) is 4.24. The third-order valence-electron chi connectivity index (χ3n) is 7.25. The van der Waals surface area contributed by atoms with E-state index in [1.165, 1.54) is 0 Å². The van der Waals surface area contributed by atoms with Gasteiger partial charge >= 0.3 is 0 Å². The van der Waals surface area contributed by atoms with Crippen LogP contribution in [-0.2, 0) is 27.5 Å². The molecule has 0 radical (unpaired) electrons. The molecule has 6 nitrogen and oxygen atoms in total. The fourth-order valence-electron chi connectivity index (χ4n) is 5.25. The lowest BCUT2D eigenvalue weighted by molar-refractivity contribution is -0.113. The lowest BCUT2D eigenvalue weighted by Crippen LogP contribution is -2.35. The largest absolute Gasteiger partial charge is 0.493 e. The van der Waals surface area contributed by atoms with Crippen molar-refractivity contribution in [1.29, 1.82) is 0 Å². The number of halogens is 2. The number of carbonyl (C=O) groups is 2. The van der Waals surface area contributed by atoms with Crippen LogP contribution < -0.4 is 9.46 Å². The summed E-state index contributed by atoms with van der Waals surface area (Å²) in [4.78, 5) is 27.1. The van der Waals surface area contributed by atoms with Crippen LogP contribution in [0.5, 0.6) is 5.75 Å². The number of amides is 1. The second-order valence-corrected chi connectivity index (χ2v) is 12.3. The molecule has 2 aliphatic carbocycles. The highest BCUT2D eigenvalue weighted by molar-refractivity contribution is 7.99. The molecule has 1 fully saturated rings. The Morgan fingerprint density at radius 3 is 2.79 bits per heavy atom. The highest BCUT2D eigenvalue weighted by Gasteiger charge is 2.36. The highest BCUT2D eigenvalue weighted by Crippen LogP contribution is 2.43. The molecule has 196 valence electrons. The van der Waals surface area contributed by atoms with Crippen molar-refractivity contribution < 1.29 is 27.3 Å². The molecule has 2 heterocycles. The molecule has 0 spiro atoms. The lowest BCUT2D eigenvalue weighted by Gasteiger charge is -2.19. The summed E-state index contributed by atoms with van der Waals surface area (Å²) >= 11 is 0. The number of fused-ring (bicyclic) bond motifs is 3. The third-order valence-corrected chi connectivity index (χ3v) is 9.33. The molecule has 1 unspecified atom stereocenters. The van der Waals surface area contributed by atoms with Gasteiger partial charge in [-0.3, -0.25) is 14.3 Å². The van der Waals surface area contributed by atoms with Crippen molar-refractivity contribution >= 4 is 43.7 Å². The molecule has 1 N–H and O–H groups in total. The Balaban J connectivity index is 1.66. The van der Waals surface area contributed by atoms with E-state index in [9.17, 15) is 22.6 Å². The summed E-state index contributed by atoms with van der Waals surface area (Å²) in [7, 11) is -2.95. The zero-order valence-electron chi connectivity index (χ0n) is 20.6. The van der Waals surface area contributed by atoms with Crippen LogP contribution in [-0.4, -0.2) is 38.2 Å². The van der Waals surface area contributed by atoms with Gasteiger partial charge in [0.25, 0.3) is 5.91 Å². The van der Waals surface area contributed by atoms with Crippen molar-refractivity contribution in [2.24, 2.45) is 0 Å². The topological polar surface area (TPSA) is 77.4 Å². The van der Waals surface area contributed by atoms with Gasteiger partial charge in [-0.05, 0) is 61.4 Å². The van der Waals surface area contributed by atoms with Gasteiger partial charge in [-0.2, -0.15) is 0 Å². The first-order valence-corrected chi connectivity index (χ1v) is 14.4. The van der Waals surface area contributed by atoms with Gasteiger partial charge in [-0.25, -0.2) is 13.0 Å². The summed E-state index contributed by atoms with van der Waals surface area (Å²) < 4.78 is 52.4. The van der Waals surface area contributed by atoms with Crippen LogP contribution in [0, 0.1) is 11.6 Å². The van der Waals surface area contributed by atoms with E-state index in [4.69, 9.17) is 4.74 Å². The molecule has 3 aromatic rings. The van der Waals surface area contributed by atoms with Crippen LogP contribution in [0.4, 0.5) is 8.78 Å². The number of Topliss-reactive ketones (excluding diaryl/α,β-unsaturated/α-hetero) is 1. The van der Waals surface area contributed by atoms with E-state index in [1.807, 2.05) is 12.1 Å². The number of aryl methyl sites for hydroxylation is 1. The minimum absolute atomic E-state index is 0.0301. The Hall–Kier alpha value is -3.72. The summed E-state index contributed by atoms with van der Waals surface area (Å²) in [5, 5.41) is 0.337. The molecule has 6 rings (SSSR count). The summed E-state index contributed by atoms with van der Waals surface area (Å²) in [6.45, 7) is 0.277. The molecule has 0 bridgehead atoms. The van der Waals surface area contributed by atoms with Crippen molar-refractivity contribution in [2.75, 3.05) is 6.61 Å². The number of ketones is 1. The monoisotopic (exact) mass is 536 g/mol. The van der Waals surface area contributed by atoms with Gasteiger partial charge < -0.3 is 9.30 Å². The average molecular weight is 537 g/mol. The number of allylic oxidation sites excluding steroid dienone is 4. The Morgan fingerprint density at radius 1 is 1.21 bits per heavy atom. The van der Waals surface area contributed by atoms with Crippen LogP contribution in [0.25, 0.3) is 16.5 Å². The van der Waals surface area contributed by atoms with Gasteiger partial charge in [-0.15, -0.1) is 0 Å². The Kier molecular flexibility index (Phi) is 5.98. The van der Waals surface area contributed by atoms with Gasteiger partial charge in [0.1, 0.15) is 23.1 Å². The number of carbonyl (C=O) groups excluding carboxylic acids is 2. The second kappa shape index (κ2) is 9.23. The van der Waals surface area contributed by atoms with Crippen LogP contribution in [0.1, 0.15) is 52.9 Å². The summed E-state index contributed by atoms with van der Waals surface area (Å²) in [6.07, 6.45) is 8.26. The zero-order chi connectivity index (χ0) is 26.6. The normalized spacial score (nSPS) is 18.5. The molecule has 1 saturated carbocycles. The molecular formula is C29H26F2N2O4S. The first-order valence-electron chi connectivity index (χ1n) is 12.6. The summed E-state index contributed by atoms with van der Waals surface area (Å²) in [5.41, 5.74) is 2.18. The Bertz CT molecular complexity index is 1680. The predicted molar refractivity (Wildman–Crippen MR) is 144 cm³/mol. The highest BCUT2D eigenvalue weighted by atomic mass is 32.2. The Morgan fingerprint density at radius 2 is 2.03 bits per heavy atom. The van der Waals surface area contributed by atoms with Crippen molar-refractivity contribution in [3.8, 4) is 5.75 Å². The van der Waals surface area contributed by atoms with Crippen molar-refractivity contribution in [3.63, 3.8) is 0 Å². The van der Waals surface area contributed by atoms with Gasteiger partial charge in [0.05, 0.1) is 33.8 Å². The van der Waals surface area contributed by atoms with E-state index in [1.54, 1.807) is 22.8 Å². The average Bonchev–Trinajstić information content (AvgIpc) is 3.70. The number of nitrogens with zero attached hydrogens (tertiary/aromatic N) is 1. The predicted octanol–water partition coefficient (Wildman–Crippen LogP) is 4.73. The van der Waals surface area contributed by atoms with E-state index in [2.05, 4.69) is 10.6 Å². The van der Waals surface area contributed by atoms with Crippen molar-refractivity contribution in [2.45, 2.75) is 43.9 Å². The van der Waals surface area contributed by atoms with Crippen LogP contribution >= 0.6 is 0 Å². The van der Waals surface area contributed by atoms with E-state index in [0.717, 1.165) is 36.6 Å². The number of ether oxygens (including phenoxy) is 1. The van der Waals surface area contributed by atoms with Crippen molar-refractivity contribution in [3.05, 3.63) is 82.6 Å².